The minimum Gasteiger partial charge on any atom is -0.317 e. The van der Waals surface area contributed by atoms with Gasteiger partial charge in [0.1, 0.15) is 5.82 Å². The van der Waals surface area contributed by atoms with Crippen LogP contribution in [0.2, 0.25) is 0 Å². The number of thiophene rings is 1. The van der Waals surface area contributed by atoms with E-state index in [4.69, 9.17) is 0 Å². The lowest BCUT2D eigenvalue weighted by Gasteiger charge is -2.03. The van der Waals surface area contributed by atoms with Crippen LogP contribution < -0.4 is 10.6 Å². The van der Waals surface area contributed by atoms with Gasteiger partial charge in [-0.15, -0.1) is 11.3 Å². The molecule has 0 aliphatic heterocycles. The van der Waals surface area contributed by atoms with Gasteiger partial charge in [-0.2, -0.15) is 0 Å². The van der Waals surface area contributed by atoms with Crippen LogP contribution in [0, 0.1) is 12.8 Å². The third kappa shape index (κ3) is 3.46. The van der Waals surface area contributed by atoms with Gasteiger partial charge in [0.05, 0.1) is 9.88 Å². The average molecular weight is 301 g/mol. The van der Waals surface area contributed by atoms with Crippen molar-refractivity contribution in [2.45, 2.75) is 19.8 Å². The predicted octanol–water partition coefficient (Wildman–Crippen LogP) is 3.05. The van der Waals surface area contributed by atoms with Gasteiger partial charge in [-0.05, 0) is 49.6 Å². The fraction of sp³-hybridized carbons (Fsp3) is 0.267. The number of carbonyl (C=O) groups is 2. The number of aryl methyl sites for hydroxylation is 1. The molecule has 0 atom stereocenters. The highest BCUT2D eigenvalue weighted by Gasteiger charge is 2.29. The van der Waals surface area contributed by atoms with Gasteiger partial charge in [-0.3, -0.25) is 9.59 Å². The van der Waals surface area contributed by atoms with Crippen molar-refractivity contribution in [1.29, 1.82) is 0 Å². The van der Waals surface area contributed by atoms with Crippen LogP contribution in [-0.4, -0.2) is 16.8 Å². The molecule has 2 aromatic heterocycles. The van der Waals surface area contributed by atoms with Crippen molar-refractivity contribution < 1.29 is 9.59 Å². The highest BCUT2D eigenvalue weighted by molar-refractivity contribution is 7.18. The molecule has 1 aliphatic carbocycles. The van der Waals surface area contributed by atoms with Crippen molar-refractivity contribution in [3.63, 3.8) is 0 Å². The van der Waals surface area contributed by atoms with Crippen LogP contribution in [0.4, 0.5) is 10.8 Å². The molecule has 6 heteroatoms. The monoisotopic (exact) mass is 301 g/mol. The van der Waals surface area contributed by atoms with Gasteiger partial charge in [0.25, 0.3) is 5.91 Å². The van der Waals surface area contributed by atoms with Crippen LogP contribution in [0.5, 0.6) is 0 Å². The van der Waals surface area contributed by atoms with Crippen molar-refractivity contribution in [2.24, 2.45) is 5.92 Å². The van der Waals surface area contributed by atoms with Crippen LogP contribution in [0.1, 0.15) is 28.1 Å². The summed E-state index contributed by atoms with van der Waals surface area (Å²) in [6.45, 7) is 1.94. The van der Waals surface area contributed by atoms with E-state index in [9.17, 15) is 9.59 Å². The largest absolute Gasteiger partial charge is 0.317 e. The van der Waals surface area contributed by atoms with Gasteiger partial charge in [-0.1, -0.05) is 0 Å². The molecule has 2 N–H and O–H groups in total. The Morgan fingerprint density at radius 3 is 2.76 bits per heavy atom. The fourth-order valence-corrected chi connectivity index (χ4v) is 2.68. The molecule has 0 bridgehead atoms. The molecule has 0 aromatic carbocycles. The Bertz CT molecular complexity index is 692. The number of pyridine rings is 1. The zero-order chi connectivity index (χ0) is 14.8. The summed E-state index contributed by atoms with van der Waals surface area (Å²) in [5, 5.41) is 6.29. The van der Waals surface area contributed by atoms with E-state index in [0.717, 1.165) is 18.4 Å². The van der Waals surface area contributed by atoms with Gasteiger partial charge in [0.2, 0.25) is 5.91 Å². The van der Waals surface area contributed by atoms with Crippen molar-refractivity contribution in [2.75, 3.05) is 10.6 Å². The first-order valence-corrected chi connectivity index (χ1v) is 7.58. The highest BCUT2D eigenvalue weighted by Crippen LogP contribution is 2.31. The lowest BCUT2D eigenvalue weighted by molar-refractivity contribution is -0.117. The molecule has 1 saturated carbocycles. The molecule has 0 saturated heterocycles. The zero-order valence-electron chi connectivity index (χ0n) is 11.6. The van der Waals surface area contributed by atoms with E-state index in [-0.39, 0.29) is 17.7 Å². The topological polar surface area (TPSA) is 71.1 Å². The summed E-state index contributed by atoms with van der Waals surface area (Å²) in [6, 6.07) is 7.13. The summed E-state index contributed by atoms with van der Waals surface area (Å²) in [4.78, 5) is 28.4. The first kappa shape index (κ1) is 13.8. The molecule has 108 valence electrons. The Morgan fingerprint density at radius 1 is 1.24 bits per heavy atom. The van der Waals surface area contributed by atoms with Crippen molar-refractivity contribution in [3.05, 3.63) is 40.9 Å². The normalized spacial score (nSPS) is 13.8. The second kappa shape index (κ2) is 5.65. The Balaban J connectivity index is 1.64. The summed E-state index contributed by atoms with van der Waals surface area (Å²) in [6.07, 6.45) is 3.58. The molecule has 5 nitrogen and oxygen atoms in total. The summed E-state index contributed by atoms with van der Waals surface area (Å²) >= 11 is 1.27. The predicted molar refractivity (Wildman–Crippen MR) is 82.6 cm³/mol. The maximum absolute atomic E-state index is 12.1. The third-order valence-electron chi connectivity index (χ3n) is 3.18. The number of hydrogen-bond acceptors (Lipinski definition) is 4. The van der Waals surface area contributed by atoms with E-state index in [1.807, 2.05) is 13.0 Å². The third-order valence-corrected chi connectivity index (χ3v) is 4.18. The molecule has 1 aliphatic rings. The van der Waals surface area contributed by atoms with Crippen molar-refractivity contribution >= 4 is 34.0 Å². The van der Waals surface area contributed by atoms with E-state index in [1.54, 1.807) is 24.4 Å². The lowest BCUT2D eigenvalue weighted by Crippen LogP contribution is -2.12. The molecule has 2 aromatic rings. The van der Waals surface area contributed by atoms with Crippen LogP contribution in [0.25, 0.3) is 0 Å². The molecule has 21 heavy (non-hydrogen) atoms. The van der Waals surface area contributed by atoms with Crippen LogP contribution >= 0.6 is 11.3 Å². The minimum atomic E-state index is -0.218. The Kier molecular flexibility index (Phi) is 3.70. The maximum Gasteiger partial charge on any atom is 0.266 e. The number of amides is 2. The molecular formula is C15H15N3O2S. The highest BCUT2D eigenvalue weighted by atomic mass is 32.1. The van der Waals surface area contributed by atoms with Crippen molar-refractivity contribution in [1.82, 2.24) is 4.98 Å². The Hall–Kier alpha value is -2.21. The summed E-state index contributed by atoms with van der Waals surface area (Å²) in [5.41, 5.74) is 1.03. The number of nitrogens with one attached hydrogen (secondary N) is 2. The summed E-state index contributed by atoms with van der Waals surface area (Å²) < 4.78 is 0. The van der Waals surface area contributed by atoms with Gasteiger partial charge < -0.3 is 10.6 Å². The molecule has 0 radical (unpaired) electrons. The summed E-state index contributed by atoms with van der Waals surface area (Å²) in [7, 11) is 0. The first-order valence-electron chi connectivity index (χ1n) is 6.76. The summed E-state index contributed by atoms with van der Waals surface area (Å²) in [5.74, 6) is 0.506. The second-order valence-corrected chi connectivity index (χ2v) is 6.18. The van der Waals surface area contributed by atoms with Gasteiger partial charge in [0.15, 0.2) is 0 Å². The quantitative estimate of drug-likeness (QED) is 0.911. The molecule has 2 amide bonds. The van der Waals surface area contributed by atoms with E-state index in [1.165, 1.54) is 11.3 Å². The Morgan fingerprint density at radius 2 is 2.05 bits per heavy atom. The maximum atomic E-state index is 12.1. The fourth-order valence-electron chi connectivity index (χ4n) is 1.88. The molecule has 3 rings (SSSR count). The zero-order valence-corrected chi connectivity index (χ0v) is 12.4. The van der Waals surface area contributed by atoms with Crippen molar-refractivity contribution in [3.8, 4) is 0 Å². The number of aromatic nitrogens is 1. The van der Waals surface area contributed by atoms with Gasteiger partial charge in [-0.25, -0.2) is 4.98 Å². The SMILES string of the molecule is Cc1ccnc(NC(=O)c2ccc(NC(=O)C3CC3)s2)c1. The molecule has 0 spiro atoms. The number of carbonyl (C=O) groups excluding carboxylic acids is 2. The molecule has 2 heterocycles. The minimum absolute atomic E-state index is 0.0455. The first-order chi connectivity index (χ1) is 10.1. The lowest BCUT2D eigenvalue weighted by atomic mass is 10.3. The van der Waals surface area contributed by atoms with E-state index >= 15 is 0 Å². The number of rotatable bonds is 4. The van der Waals surface area contributed by atoms with E-state index in [0.29, 0.717) is 15.7 Å². The van der Waals surface area contributed by atoms with Crippen LogP contribution in [0.3, 0.4) is 0 Å². The molecule has 0 unspecified atom stereocenters. The molecule has 1 fully saturated rings. The standard InChI is InChI=1S/C15H15N3O2S/c1-9-6-7-16-12(8-9)17-15(20)11-4-5-13(21-11)18-14(19)10-2-3-10/h4-8,10H,2-3H2,1H3,(H,18,19)(H,16,17,20). The smallest absolute Gasteiger partial charge is 0.266 e. The number of hydrogen-bond donors (Lipinski definition) is 2. The Labute approximate surface area is 126 Å². The van der Waals surface area contributed by atoms with E-state index < -0.39 is 0 Å². The number of nitrogens with zero attached hydrogens (tertiary/aromatic N) is 1. The van der Waals surface area contributed by atoms with Gasteiger partial charge >= 0.3 is 0 Å². The van der Waals surface area contributed by atoms with Crippen LogP contribution in [0.15, 0.2) is 30.5 Å². The average Bonchev–Trinajstić information content (AvgIpc) is 3.19. The number of anilines is 2. The van der Waals surface area contributed by atoms with Gasteiger partial charge in [0, 0.05) is 12.1 Å². The second-order valence-electron chi connectivity index (χ2n) is 5.10. The van der Waals surface area contributed by atoms with E-state index in [2.05, 4.69) is 15.6 Å². The van der Waals surface area contributed by atoms with Crippen LogP contribution in [-0.2, 0) is 4.79 Å². The molecular weight excluding hydrogens is 286 g/mol.